The van der Waals surface area contributed by atoms with Crippen LogP contribution in [0.2, 0.25) is 0 Å². The zero-order chi connectivity index (χ0) is 15.5. The topological polar surface area (TPSA) is 98.1 Å². The number of nitrogens with one attached hydrogen (secondary N) is 1. The smallest absolute Gasteiger partial charge is 0.206 e. The standard InChI is InChI=1S/C15H12N8/c1-2-4-11(5-3-1)14-10-23(22-17-14)9-13-7-6-12(8-16-13)15-18-20-21-19-15/h1-8,10H,9H2,(H,18,19,20,21). The molecule has 1 N–H and O–H groups in total. The minimum absolute atomic E-state index is 0.524. The third-order valence-corrected chi connectivity index (χ3v) is 3.36. The van der Waals surface area contributed by atoms with Crippen molar-refractivity contribution in [3.8, 4) is 22.6 Å². The second-order valence-corrected chi connectivity index (χ2v) is 4.94. The molecule has 0 saturated carbocycles. The Morgan fingerprint density at radius 1 is 0.957 bits per heavy atom. The van der Waals surface area contributed by atoms with Crippen LogP contribution in [0, 0.1) is 0 Å². The van der Waals surface area contributed by atoms with Gasteiger partial charge in [-0.3, -0.25) is 4.98 Å². The van der Waals surface area contributed by atoms with Gasteiger partial charge in [0, 0.05) is 17.3 Å². The summed E-state index contributed by atoms with van der Waals surface area (Å²) in [6.45, 7) is 0.548. The lowest BCUT2D eigenvalue weighted by atomic mass is 10.2. The molecule has 4 aromatic rings. The van der Waals surface area contributed by atoms with Gasteiger partial charge in [-0.25, -0.2) is 4.68 Å². The van der Waals surface area contributed by atoms with Crippen LogP contribution >= 0.6 is 0 Å². The van der Waals surface area contributed by atoms with Crippen LogP contribution in [0.15, 0.2) is 54.9 Å². The summed E-state index contributed by atoms with van der Waals surface area (Å²) in [6, 6.07) is 13.8. The van der Waals surface area contributed by atoms with E-state index < -0.39 is 0 Å². The molecule has 3 heterocycles. The van der Waals surface area contributed by atoms with E-state index in [-0.39, 0.29) is 0 Å². The van der Waals surface area contributed by atoms with Gasteiger partial charge in [0.25, 0.3) is 0 Å². The molecule has 8 nitrogen and oxygen atoms in total. The van der Waals surface area contributed by atoms with E-state index >= 15 is 0 Å². The first kappa shape index (κ1) is 13.3. The SMILES string of the molecule is c1ccc(-c2cn(Cc3ccc(-c4nn[nH]n4)cn3)nn2)cc1. The first-order chi connectivity index (χ1) is 11.4. The van der Waals surface area contributed by atoms with E-state index in [1.54, 1.807) is 10.9 Å². The molecule has 4 rings (SSSR count). The number of rotatable bonds is 4. The molecule has 0 atom stereocenters. The van der Waals surface area contributed by atoms with Crippen LogP contribution in [0.25, 0.3) is 22.6 Å². The van der Waals surface area contributed by atoms with Crippen LogP contribution in [0.1, 0.15) is 5.69 Å². The highest BCUT2D eigenvalue weighted by atomic mass is 15.5. The average Bonchev–Trinajstić information content (AvgIpc) is 3.28. The minimum atomic E-state index is 0.524. The molecule has 0 bridgehead atoms. The molecule has 112 valence electrons. The van der Waals surface area contributed by atoms with Crippen molar-refractivity contribution in [1.29, 1.82) is 0 Å². The highest BCUT2D eigenvalue weighted by Crippen LogP contribution is 2.16. The highest BCUT2D eigenvalue weighted by molar-refractivity contribution is 5.57. The maximum atomic E-state index is 4.40. The van der Waals surface area contributed by atoms with Gasteiger partial charge in [-0.15, -0.1) is 15.3 Å². The summed E-state index contributed by atoms with van der Waals surface area (Å²) in [5, 5.41) is 22.1. The molecule has 0 saturated heterocycles. The lowest BCUT2D eigenvalue weighted by Gasteiger charge is -2.00. The first-order valence-electron chi connectivity index (χ1n) is 7.03. The maximum Gasteiger partial charge on any atom is 0.206 e. The quantitative estimate of drug-likeness (QED) is 0.614. The van der Waals surface area contributed by atoms with Crippen molar-refractivity contribution in [3.05, 3.63) is 60.6 Å². The number of nitrogens with zero attached hydrogens (tertiary/aromatic N) is 7. The number of hydrogen-bond donors (Lipinski definition) is 1. The summed E-state index contributed by atoms with van der Waals surface area (Å²) < 4.78 is 1.76. The van der Waals surface area contributed by atoms with Crippen molar-refractivity contribution >= 4 is 0 Å². The maximum absolute atomic E-state index is 4.40. The summed E-state index contributed by atoms with van der Waals surface area (Å²) in [4.78, 5) is 4.40. The molecule has 0 aliphatic heterocycles. The van der Waals surface area contributed by atoms with E-state index in [0.29, 0.717) is 12.4 Å². The van der Waals surface area contributed by atoms with Gasteiger partial charge in [0.05, 0.1) is 18.4 Å². The minimum Gasteiger partial charge on any atom is -0.259 e. The summed E-state index contributed by atoms with van der Waals surface area (Å²) in [6.07, 6.45) is 3.62. The summed E-state index contributed by atoms with van der Waals surface area (Å²) in [5.41, 5.74) is 3.57. The summed E-state index contributed by atoms with van der Waals surface area (Å²) in [7, 11) is 0. The summed E-state index contributed by atoms with van der Waals surface area (Å²) >= 11 is 0. The predicted molar refractivity (Wildman–Crippen MR) is 82.0 cm³/mol. The molecule has 0 aliphatic rings. The van der Waals surface area contributed by atoms with E-state index in [1.165, 1.54) is 0 Å². The lowest BCUT2D eigenvalue weighted by molar-refractivity contribution is 0.639. The average molecular weight is 304 g/mol. The van der Waals surface area contributed by atoms with Gasteiger partial charge < -0.3 is 0 Å². The largest absolute Gasteiger partial charge is 0.259 e. The first-order valence-corrected chi connectivity index (χ1v) is 7.03. The molecule has 0 unspecified atom stereocenters. The van der Waals surface area contributed by atoms with Crippen molar-refractivity contribution in [1.82, 2.24) is 40.6 Å². The van der Waals surface area contributed by atoms with Crippen molar-refractivity contribution in [2.75, 3.05) is 0 Å². The van der Waals surface area contributed by atoms with Gasteiger partial charge in [-0.2, -0.15) is 5.21 Å². The third kappa shape index (κ3) is 2.82. The zero-order valence-corrected chi connectivity index (χ0v) is 12.0. The van der Waals surface area contributed by atoms with Crippen molar-refractivity contribution < 1.29 is 0 Å². The number of tetrazole rings is 1. The van der Waals surface area contributed by atoms with Gasteiger partial charge in [-0.05, 0) is 17.3 Å². The highest BCUT2D eigenvalue weighted by Gasteiger charge is 2.06. The van der Waals surface area contributed by atoms with Gasteiger partial charge in [0.2, 0.25) is 5.82 Å². The molecule has 1 aromatic carbocycles. The molecule has 23 heavy (non-hydrogen) atoms. The molecule has 8 heteroatoms. The Bertz CT molecular complexity index is 881. The van der Waals surface area contributed by atoms with Crippen LogP contribution in [0.3, 0.4) is 0 Å². The van der Waals surface area contributed by atoms with Crippen LogP contribution < -0.4 is 0 Å². The van der Waals surface area contributed by atoms with E-state index in [0.717, 1.165) is 22.5 Å². The van der Waals surface area contributed by atoms with Crippen LogP contribution in [-0.4, -0.2) is 40.6 Å². The molecule has 0 fully saturated rings. The van der Waals surface area contributed by atoms with Crippen LogP contribution in [-0.2, 0) is 6.54 Å². The number of pyridine rings is 1. The van der Waals surface area contributed by atoms with Crippen LogP contribution in [0.4, 0.5) is 0 Å². The van der Waals surface area contributed by atoms with Crippen LogP contribution in [0.5, 0.6) is 0 Å². The van der Waals surface area contributed by atoms with Crippen molar-refractivity contribution in [2.45, 2.75) is 6.54 Å². The number of benzene rings is 1. The Morgan fingerprint density at radius 3 is 2.61 bits per heavy atom. The third-order valence-electron chi connectivity index (χ3n) is 3.36. The molecule has 0 amide bonds. The Hall–Kier alpha value is -3.42. The lowest BCUT2D eigenvalue weighted by Crippen LogP contribution is -2.02. The van der Waals surface area contributed by atoms with Gasteiger partial charge in [0.15, 0.2) is 0 Å². The normalized spacial score (nSPS) is 10.8. The zero-order valence-electron chi connectivity index (χ0n) is 12.0. The fourth-order valence-corrected chi connectivity index (χ4v) is 2.22. The van der Waals surface area contributed by atoms with E-state index in [9.17, 15) is 0 Å². The van der Waals surface area contributed by atoms with Gasteiger partial charge >= 0.3 is 0 Å². The summed E-state index contributed by atoms with van der Waals surface area (Å²) in [5.74, 6) is 0.524. The Balaban J connectivity index is 1.51. The molecular formula is C15H12N8. The number of H-pyrrole nitrogens is 1. The fraction of sp³-hybridized carbons (Fsp3) is 0.0667. The molecule has 0 radical (unpaired) electrons. The van der Waals surface area contributed by atoms with Crippen molar-refractivity contribution in [2.24, 2.45) is 0 Å². The fourth-order valence-electron chi connectivity index (χ4n) is 2.22. The number of aromatic amines is 1. The molecular weight excluding hydrogens is 292 g/mol. The monoisotopic (exact) mass is 304 g/mol. The molecule has 0 aliphatic carbocycles. The number of aromatic nitrogens is 8. The Morgan fingerprint density at radius 2 is 1.87 bits per heavy atom. The van der Waals surface area contributed by atoms with Gasteiger partial charge in [0.1, 0.15) is 5.69 Å². The van der Waals surface area contributed by atoms with Gasteiger partial charge in [-0.1, -0.05) is 35.5 Å². The predicted octanol–water partition coefficient (Wildman–Crippen LogP) is 1.57. The van der Waals surface area contributed by atoms with E-state index in [2.05, 4.69) is 35.9 Å². The van der Waals surface area contributed by atoms with E-state index in [1.807, 2.05) is 48.7 Å². The Kier molecular flexibility index (Phi) is 3.32. The second kappa shape index (κ2) is 5.76. The van der Waals surface area contributed by atoms with E-state index in [4.69, 9.17) is 0 Å². The molecule has 3 aromatic heterocycles. The Labute approximate surface area is 131 Å². The second-order valence-electron chi connectivity index (χ2n) is 4.94. The number of hydrogen-bond acceptors (Lipinski definition) is 6. The van der Waals surface area contributed by atoms with Crippen molar-refractivity contribution in [3.63, 3.8) is 0 Å². The molecule has 0 spiro atoms.